The molecule has 0 saturated heterocycles. The van der Waals surface area contributed by atoms with Crippen LogP contribution >= 0.6 is 0 Å². The van der Waals surface area contributed by atoms with E-state index >= 15 is 0 Å². The maximum Gasteiger partial charge on any atom is 0.0518 e. The number of nitrogens with one attached hydrogen (secondary N) is 1. The number of aliphatic hydroxyl groups is 2. The van der Waals surface area contributed by atoms with Gasteiger partial charge in [-0.15, -0.1) is 0 Å². The molecule has 0 spiro atoms. The lowest BCUT2D eigenvalue weighted by Gasteiger charge is -2.32. The summed E-state index contributed by atoms with van der Waals surface area (Å²) in [7, 11) is 0. The molecule has 0 aliphatic heterocycles. The van der Waals surface area contributed by atoms with Crippen molar-refractivity contribution in [2.45, 2.75) is 46.1 Å². The van der Waals surface area contributed by atoms with Crippen molar-refractivity contribution >= 4 is 0 Å². The average Bonchev–Trinajstić information content (AvgIpc) is 2.54. The van der Waals surface area contributed by atoms with Crippen LogP contribution in [0.25, 0.3) is 0 Å². The van der Waals surface area contributed by atoms with E-state index in [0.29, 0.717) is 18.0 Å². The van der Waals surface area contributed by atoms with E-state index in [1.54, 1.807) is 0 Å². The third-order valence-corrected chi connectivity index (χ3v) is 3.80. The Labute approximate surface area is 92.9 Å². The number of rotatable bonds is 5. The summed E-state index contributed by atoms with van der Waals surface area (Å²) < 4.78 is 0. The quantitative estimate of drug-likeness (QED) is 0.645. The molecule has 1 saturated carbocycles. The highest BCUT2D eigenvalue weighted by Gasteiger charge is 2.35. The van der Waals surface area contributed by atoms with Crippen molar-refractivity contribution in [3.8, 4) is 0 Å². The predicted octanol–water partition coefficient (Wildman–Crippen LogP) is 1.15. The van der Waals surface area contributed by atoms with Crippen LogP contribution in [0.15, 0.2) is 0 Å². The van der Waals surface area contributed by atoms with Gasteiger partial charge in [-0.2, -0.15) is 0 Å². The minimum Gasteiger partial charge on any atom is -0.396 e. The van der Waals surface area contributed by atoms with Crippen LogP contribution in [0.2, 0.25) is 0 Å². The first-order valence-electron chi connectivity index (χ1n) is 5.89. The summed E-state index contributed by atoms with van der Waals surface area (Å²) in [6, 6.07) is 0.523. The first-order chi connectivity index (χ1) is 6.93. The van der Waals surface area contributed by atoms with Gasteiger partial charge in [0.15, 0.2) is 0 Å². The maximum absolute atomic E-state index is 9.19. The number of aliphatic hydroxyl groups excluding tert-OH is 2. The molecule has 0 bridgehead atoms. The van der Waals surface area contributed by atoms with E-state index in [2.05, 4.69) is 19.2 Å². The summed E-state index contributed by atoms with van der Waals surface area (Å²) >= 11 is 0. The maximum atomic E-state index is 9.19. The zero-order valence-corrected chi connectivity index (χ0v) is 10.2. The lowest BCUT2D eigenvalue weighted by Crippen LogP contribution is -2.45. The summed E-state index contributed by atoms with van der Waals surface area (Å²) in [5.74, 6) is 0. The largest absolute Gasteiger partial charge is 0.396 e. The van der Waals surface area contributed by atoms with Crippen LogP contribution < -0.4 is 5.32 Å². The Balaban J connectivity index is 2.43. The Kier molecular flexibility index (Phi) is 4.15. The van der Waals surface area contributed by atoms with Crippen LogP contribution in [0.4, 0.5) is 0 Å². The highest BCUT2D eigenvalue weighted by Crippen LogP contribution is 2.37. The minimum atomic E-state index is -0.390. The topological polar surface area (TPSA) is 52.5 Å². The molecule has 3 N–H and O–H groups in total. The van der Waals surface area contributed by atoms with Crippen LogP contribution in [-0.4, -0.2) is 36.0 Å². The normalized spacial score (nSPS) is 25.8. The van der Waals surface area contributed by atoms with Crippen LogP contribution in [0.1, 0.15) is 40.0 Å². The molecule has 0 heterocycles. The van der Waals surface area contributed by atoms with Crippen LogP contribution in [0.5, 0.6) is 0 Å². The summed E-state index contributed by atoms with van der Waals surface area (Å²) in [5.41, 5.74) is -0.0372. The summed E-state index contributed by atoms with van der Waals surface area (Å²) in [5, 5.41) is 21.9. The lowest BCUT2D eigenvalue weighted by atomic mass is 9.86. The molecule has 1 fully saturated rings. The second kappa shape index (κ2) is 4.81. The fraction of sp³-hybridized carbons (Fsp3) is 1.00. The summed E-state index contributed by atoms with van der Waals surface area (Å²) in [6.45, 7) is 7.23. The van der Waals surface area contributed by atoms with Gasteiger partial charge in [-0.05, 0) is 18.3 Å². The first-order valence-corrected chi connectivity index (χ1v) is 5.89. The Hall–Kier alpha value is -0.120. The molecule has 3 heteroatoms. The predicted molar refractivity (Wildman–Crippen MR) is 61.7 cm³/mol. The molecular weight excluding hydrogens is 190 g/mol. The van der Waals surface area contributed by atoms with Gasteiger partial charge in [-0.3, -0.25) is 0 Å². The molecule has 0 radical (unpaired) electrons. The van der Waals surface area contributed by atoms with E-state index in [-0.39, 0.29) is 13.2 Å². The first kappa shape index (κ1) is 12.9. The van der Waals surface area contributed by atoms with E-state index < -0.39 is 5.41 Å². The standard InChI is InChI=1S/C12H25NO2/c1-11(2)6-4-5-10(11)13-7-12(3,8-14)9-15/h10,13-15H,4-9H2,1-3H3. The van der Waals surface area contributed by atoms with E-state index in [1.807, 2.05) is 6.92 Å². The highest BCUT2D eigenvalue weighted by atomic mass is 16.3. The van der Waals surface area contributed by atoms with Gasteiger partial charge in [-0.25, -0.2) is 0 Å². The van der Waals surface area contributed by atoms with Crippen molar-refractivity contribution in [1.82, 2.24) is 5.32 Å². The van der Waals surface area contributed by atoms with Crippen LogP contribution in [0.3, 0.4) is 0 Å². The number of hydrogen-bond donors (Lipinski definition) is 3. The molecule has 1 aliphatic rings. The summed E-state index contributed by atoms with van der Waals surface area (Å²) in [4.78, 5) is 0. The Morgan fingerprint density at radius 1 is 1.33 bits per heavy atom. The van der Waals surface area contributed by atoms with Crippen LogP contribution in [-0.2, 0) is 0 Å². The Bertz CT molecular complexity index is 200. The van der Waals surface area contributed by atoms with Crippen molar-refractivity contribution in [2.75, 3.05) is 19.8 Å². The molecule has 3 nitrogen and oxygen atoms in total. The Morgan fingerprint density at radius 3 is 2.33 bits per heavy atom. The molecule has 1 unspecified atom stereocenters. The zero-order chi connectivity index (χ0) is 11.5. The van der Waals surface area contributed by atoms with Crippen molar-refractivity contribution < 1.29 is 10.2 Å². The molecule has 0 aromatic rings. The molecule has 0 amide bonds. The molecule has 0 aromatic heterocycles. The van der Waals surface area contributed by atoms with E-state index in [4.69, 9.17) is 0 Å². The van der Waals surface area contributed by atoms with E-state index in [9.17, 15) is 10.2 Å². The molecule has 1 aliphatic carbocycles. The third-order valence-electron chi connectivity index (χ3n) is 3.80. The third kappa shape index (κ3) is 3.16. The number of hydrogen-bond acceptors (Lipinski definition) is 3. The van der Waals surface area contributed by atoms with Crippen molar-refractivity contribution in [3.05, 3.63) is 0 Å². The molecule has 15 heavy (non-hydrogen) atoms. The van der Waals surface area contributed by atoms with Crippen LogP contribution in [0, 0.1) is 10.8 Å². The SMILES string of the molecule is CC(CO)(CO)CNC1CCCC1(C)C. The van der Waals surface area contributed by atoms with Crippen molar-refractivity contribution in [1.29, 1.82) is 0 Å². The zero-order valence-electron chi connectivity index (χ0n) is 10.2. The van der Waals surface area contributed by atoms with E-state index in [1.165, 1.54) is 19.3 Å². The molecular formula is C12H25NO2. The molecule has 1 rings (SSSR count). The monoisotopic (exact) mass is 215 g/mol. The van der Waals surface area contributed by atoms with Gasteiger partial charge >= 0.3 is 0 Å². The minimum absolute atomic E-state index is 0.0314. The molecule has 90 valence electrons. The van der Waals surface area contributed by atoms with Gasteiger partial charge in [-0.1, -0.05) is 27.2 Å². The smallest absolute Gasteiger partial charge is 0.0518 e. The van der Waals surface area contributed by atoms with Crippen molar-refractivity contribution in [3.63, 3.8) is 0 Å². The van der Waals surface area contributed by atoms with Gasteiger partial charge in [0.2, 0.25) is 0 Å². The average molecular weight is 215 g/mol. The second-order valence-corrected chi connectivity index (χ2v) is 5.94. The van der Waals surface area contributed by atoms with E-state index in [0.717, 1.165) is 0 Å². The fourth-order valence-electron chi connectivity index (χ4n) is 2.24. The second-order valence-electron chi connectivity index (χ2n) is 5.94. The molecule has 1 atom stereocenters. The summed E-state index contributed by atoms with van der Waals surface area (Å²) in [6.07, 6.45) is 3.75. The fourth-order valence-corrected chi connectivity index (χ4v) is 2.24. The van der Waals surface area contributed by atoms with Gasteiger partial charge in [0.25, 0.3) is 0 Å². The Morgan fingerprint density at radius 2 is 1.93 bits per heavy atom. The van der Waals surface area contributed by atoms with Gasteiger partial charge in [0.1, 0.15) is 0 Å². The highest BCUT2D eigenvalue weighted by molar-refractivity contribution is 4.91. The van der Waals surface area contributed by atoms with Gasteiger partial charge < -0.3 is 15.5 Å². The van der Waals surface area contributed by atoms with Gasteiger partial charge in [0, 0.05) is 18.0 Å². The molecule has 0 aromatic carbocycles. The van der Waals surface area contributed by atoms with Gasteiger partial charge in [0.05, 0.1) is 13.2 Å². The van der Waals surface area contributed by atoms with Crippen molar-refractivity contribution in [2.24, 2.45) is 10.8 Å². The lowest BCUT2D eigenvalue weighted by molar-refractivity contribution is 0.0635.